The number of hydrogen-bond donors (Lipinski definition) is 0. The lowest BCUT2D eigenvalue weighted by Gasteiger charge is -2.06. The Balaban J connectivity index is 2.98. The van der Waals surface area contributed by atoms with Gasteiger partial charge in [0.1, 0.15) is 6.29 Å². The molecule has 0 saturated heterocycles. The summed E-state index contributed by atoms with van der Waals surface area (Å²) in [7, 11) is 0. The average Bonchev–Trinajstić information content (AvgIpc) is 2.04. The van der Waals surface area contributed by atoms with Gasteiger partial charge in [-0.05, 0) is 11.6 Å². The fraction of sp³-hybridized carbons (Fsp3) is 0.250. The third kappa shape index (κ3) is 2.54. The van der Waals surface area contributed by atoms with Crippen LogP contribution in [0.3, 0.4) is 0 Å². The number of carbonyl (C=O) groups is 1. The second-order valence-electron chi connectivity index (χ2n) is 2.45. The van der Waals surface area contributed by atoms with Crippen molar-refractivity contribution in [1.82, 2.24) is 4.98 Å². The van der Waals surface area contributed by atoms with Crippen LogP contribution >= 0.6 is 0 Å². The van der Waals surface area contributed by atoms with Crippen molar-refractivity contribution in [3.05, 3.63) is 29.6 Å². The predicted molar refractivity (Wildman–Crippen MR) is 39.0 cm³/mol. The van der Waals surface area contributed by atoms with Crippen LogP contribution < -0.4 is 0 Å². The van der Waals surface area contributed by atoms with Crippen LogP contribution in [0.15, 0.2) is 18.5 Å². The Kier molecular flexibility index (Phi) is 2.65. The number of nitrogens with zero attached hydrogens (tertiary/aromatic N) is 1. The molecule has 0 aliphatic rings. The van der Waals surface area contributed by atoms with Gasteiger partial charge in [-0.15, -0.1) is 0 Å². The van der Waals surface area contributed by atoms with Gasteiger partial charge in [0, 0.05) is 18.8 Å². The van der Waals surface area contributed by atoms with E-state index >= 15 is 0 Å². The zero-order valence-corrected chi connectivity index (χ0v) is 6.51. The molecule has 5 heteroatoms. The number of aromatic nitrogens is 1. The van der Waals surface area contributed by atoms with E-state index < -0.39 is 11.7 Å². The van der Waals surface area contributed by atoms with Gasteiger partial charge in [-0.3, -0.25) is 4.98 Å². The Labute approximate surface area is 72.4 Å². The molecule has 13 heavy (non-hydrogen) atoms. The first-order valence-corrected chi connectivity index (χ1v) is 3.49. The topological polar surface area (TPSA) is 30.0 Å². The summed E-state index contributed by atoms with van der Waals surface area (Å²) in [6.07, 6.45) is -1.93. The number of halogens is 3. The standard InChI is InChI=1S/C8H6F3NO/c9-8(10,11)7-3-6(1-2-13)4-12-5-7/h2-5H,1H2. The number of rotatable bonds is 2. The van der Waals surface area contributed by atoms with Gasteiger partial charge in [-0.1, -0.05) is 0 Å². The Morgan fingerprint density at radius 3 is 2.62 bits per heavy atom. The van der Waals surface area contributed by atoms with Crippen LogP contribution in [0.1, 0.15) is 11.1 Å². The first kappa shape index (κ1) is 9.70. The second kappa shape index (κ2) is 3.55. The van der Waals surface area contributed by atoms with Crippen LogP contribution in [-0.2, 0) is 17.4 Å². The number of aldehydes is 1. The molecule has 2 nitrogen and oxygen atoms in total. The smallest absolute Gasteiger partial charge is 0.303 e. The molecule has 0 N–H and O–H groups in total. The van der Waals surface area contributed by atoms with Gasteiger partial charge < -0.3 is 4.79 Å². The van der Waals surface area contributed by atoms with Crippen LogP contribution in [-0.4, -0.2) is 11.3 Å². The summed E-state index contributed by atoms with van der Waals surface area (Å²) in [6.45, 7) is 0. The molecule has 0 radical (unpaired) electrons. The van der Waals surface area contributed by atoms with Crippen molar-refractivity contribution >= 4 is 6.29 Å². The van der Waals surface area contributed by atoms with Gasteiger partial charge in [0.25, 0.3) is 0 Å². The van der Waals surface area contributed by atoms with Crippen molar-refractivity contribution in [3.8, 4) is 0 Å². The molecule has 0 aliphatic heterocycles. The highest BCUT2D eigenvalue weighted by Gasteiger charge is 2.30. The van der Waals surface area contributed by atoms with Crippen molar-refractivity contribution in [2.24, 2.45) is 0 Å². The lowest BCUT2D eigenvalue weighted by atomic mass is 10.1. The van der Waals surface area contributed by atoms with Crippen molar-refractivity contribution < 1.29 is 18.0 Å². The highest BCUT2D eigenvalue weighted by atomic mass is 19.4. The molecule has 1 aromatic heterocycles. The third-order valence-corrected chi connectivity index (χ3v) is 1.44. The lowest BCUT2D eigenvalue weighted by molar-refractivity contribution is -0.137. The number of pyridine rings is 1. The first-order chi connectivity index (χ1) is 6.04. The molecule has 70 valence electrons. The maximum Gasteiger partial charge on any atom is 0.417 e. The summed E-state index contributed by atoms with van der Waals surface area (Å²) in [6, 6.07) is 0.918. The highest BCUT2D eigenvalue weighted by Crippen LogP contribution is 2.28. The Bertz CT molecular complexity index is 309. The minimum absolute atomic E-state index is 0.0447. The van der Waals surface area contributed by atoms with Gasteiger partial charge in [-0.2, -0.15) is 13.2 Å². The molecular weight excluding hydrogens is 183 g/mol. The van der Waals surface area contributed by atoms with E-state index in [4.69, 9.17) is 0 Å². The molecule has 1 heterocycles. The summed E-state index contributed by atoms with van der Waals surface area (Å²) in [5.41, 5.74) is -0.559. The SMILES string of the molecule is O=CCc1cncc(C(F)(F)F)c1. The average molecular weight is 189 g/mol. The van der Waals surface area contributed by atoms with Crippen molar-refractivity contribution in [1.29, 1.82) is 0 Å². The van der Waals surface area contributed by atoms with Gasteiger partial charge in [0.15, 0.2) is 0 Å². The zero-order chi connectivity index (χ0) is 9.90. The maximum atomic E-state index is 12.1. The van der Waals surface area contributed by atoms with Crippen LogP contribution in [0.4, 0.5) is 13.2 Å². The summed E-state index contributed by atoms with van der Waals surface area (Å²) < 4.78 is 36.2. The van der Waals surface area contributed by atoms with Gasteiger partial charge >= 0.3 is 6.18 Å². The van der Waals surface area contributed by atoms with Gasteiger partial charge in [0.2, 0.25) is 0 Å². The molecule has 0 atom stereocenters. The van der Waals surface area contributed by atoms with Crippen LogP contribution in [0.25, 0.3) is 0 Å². The lowest BCUT2D eigenvalue weighted by Crippen LogP contribution is -2.06. The molecule has 0 saturated carbocycles. The Morgan fingerprint density at radius 2 is 2.08 bits per heavy atom. The molecule has 0 amide bonds. The largest absolute Gasteiger partial charge is 0.417 e. The fourth-order valence-electron chi connectivity index (χ4n) is 0.850. The third-order valence-electron chi connectivity index (χ3n) is 1.44. The highest BCUT2D eigenvalue weighted by molar-refractivity contribution is 5.54. The molecule has 0 spiro atoms. The summed E-state index contributed by atoms with van der Waals surface area (Å²) in [5.74, 6) is 0. The summed E-state index contributed by atoms with van der Waals surface area (Å²) >= 11 is 0. The normalized spacial score (nSPS) is 11.3. The Hall–Kier alpha value is -1.39. The van der Waals surface area contributed by atoms with E-state index in [1.54, 1.807) is 0 Å². The van der Waals surface area contributed by atoms with Crippen LogP contribution in [0.2, 0.25) is 0 Å². The fourth-order valence-corrected chi connectivity index (χ4v) is 0.850. The van der Waals surface area contributed by atoms with Crippen molar-refractivity contribution in [2.75, 3.05) is 0 Å². The molecule has 1 aromatic rings. The van der Waals surface area contributed by atoms with E-state index in [0.717, 1.165) is 12.3 Å². The minimum atomic E-state index is -4.40. The van der Waals surface area contributed by atoms with Crippen LogP contribution in [0.5, 0.6) is 0 Å². The molecule has 1 rings (SSSR count). The number of hydrogen-bond acceptors (Lipinski definition) is 2. The monoisotopic (exact) mass is 189 g/mol. The van der Waals surface area contributed by atoms with E-state index in [0.29, 0.717) is 6.29 Å². The number of carbonyl (C=O) groups excluding carboxylic acids is 1. The first-order valence-electron chi connectivity index (χ1n) is 3.49. The van der Waals surface area contributed by atoms with E-state index in [1.165, 1.54) is 6.20 Å². The zero-order valence-electron chi connectivity index (χ0n) is 6.51. The van der Waals surface area contributed by atoms with Gasteiger partial charge in [-0.25, -0.2) is 0 Å². The minimum Gasteiger partial charge on any atom is -0.303 e. The Morgan fingerprint density at radius 1 is 1.38 bits per heavy atom. The molecule has 0 aromatic carbocycles. The summed E-state index contributed by atoms with van der Waals surface area (Å²) in [5, 5.41) is 0. The molecule has 0 unspecified atom stereocenters. The van der Waals surface area contributed by atoms with E-state index in [2.05, 4.69) is 4.98 Å². The maximum absolute atomic E-state index is 12.1. The second-order valence-corrected chi connectivity index (χ2v) is 2.45. The molecule has 0 fully saturated rings. The molecular formula is C8H6F3NO. The molecule has 0 bridgehead atoms. The quantitative estimate of drug-likeness (QED) is 0.664. The van der Waals surface area contributed by atoms with E-state index in [-0.39, 0.29) is 12.0 Å². The van der Waals surface area contributed by atoms with E-state index in [1.807, 2.05) is 0 Å². The van der Waals surface area contributed by atoms with Crippen LogP contribution in [0, 0.1) is 0 Å². The predicted octanol–water partition coefficient (Wildman–Crippen LogP) is 1.84. The number of alkyl halides is 3. The van der Waals surface area contributed by atoms with Crippen molar-refractivity contribution in [3.63, 3.8) is 0 Å². The molecule has 0 aliphatic carbocycles. The summed E-state index contributed by atoms with van der Waals surface area (Å²) in [4.78, 5) is 13.4. The van der Waals surface area contributed by atoms with E-state index in [9.17, 15) is 18.0 Å². The van der Waals surface area contributed by atoms with Gasteiger partial charge in [0.05, 0.1) is 5.56 Å². The van der Waals surface area contributed by atoms with Crippen molar-refractivity contribution in [2.45, 2.75) is 12.6 Å².